The maximum Gasteiger partial charge on any atom is 0.167 e. The summed E-state index contributed by atoms with van der Waals surface area (Å²) in [4.78, 5) is 11.8. The van der Waals surface area contributed by atoms with E-state index in [0.717, 1.165) is 0 Å². The summed E-state index contributed by atoms with van der Waals surface area (Å²) in [6.45, 7) is 1.45. The molecule has 0 N–H and O–H groups in total. The van der Waals surface area contributed by atoms with E-state index in [1.807, 2.05) is 0 Å². The molecule has 0 aliphatic rings. The fraction of sp³-hybridized carbons (Fsp3) is 0.133. The van der Waals surface area contributed by atoms with Crippen LogP contribution in [0.4, 0.5) is 0 Å². The van der Waals surface area contributed by atoms with Gasteiger partial charge in [0.1, 0.15) is 27.8 Å². The van der Waals surface area contributed by atoms with Crippen molar-refractivity contribution in [1.82, 2.24) is 0 Å². The first-order valence-electron chi connectivity index (χ1n) is 5.84. The number of benzene rings is 2. The molecule has 0 saturated heterocycles. The smallest absolute Gasteiger partial charge is 0.167 e. The molecule has 0 aliphatic heterocycles. The quantitative estimate of drug-likeness (QED) is 0.746. The molecule has 0 spiro atoms. The van der Waals surface area contributed by atoms with Crippen LogP contribution in [0.5, 0.6) is 17.2 Å². The normalized spacial score (nSPS) is 10.2. The number of ether oxygens (including phenoxy) is 2. The van der Waals surface area contributed by atoms with E-state index in [-0.39, 0.29) is 5.78 Å². The minimum Gasteiger partial charge on any atom is -0.496 e. The lowest BCUT2D eigenvalue weighted by Gasteiger charge is -2.13. The van der Waals surface area contributed by atoms with Gasteiger partial charge in [-0.25, -0.2) is 0 Å². The zero-order chi connectivity index (χ0) is 14.7. The Morgan fingerprint density at radius 2 is 1.60 bits per heavy atom. The van der Waals surface area contributed by atoms with Crippen LogP contribution in [0.15, 0.2) is 36.4 Å². The summed E-state index contributed by atoms with van der Waals surface area (Å²) in [5.74, 6) is 1.06. The maximum atomic E-state index is 11.8. The van der Waals surface area contributed by atoms with Crippen molar-refractivity contribution in [3.63, 3.8) is 0 Å². The fourth-order valence-corrected chi connectivity index (χ4v) is 2.12. The standard InChI is InChI=1S/C15H12Cl2O3/c1-9(18)14-11(19-2)6-4-7-12(14)20-13-8-3-5-10(16)15(13)17/h3-8H,1-2H3. The highest BCUT2D eigenvalue weighted by Gasteiger charge is 2.16. The molecule has 0 bridgehead atoms. The molecule has 2 aromatic rings. The topological polar surface area (TPSA) is 35.5 Å². The van der Waals surface area contributed by atoms with Gasteiger partial charge < -0.3 is 9.47 Å². The minimum atomic E-state index is -0.157. The van der Waals surface area contributed by atoms with E-state index in [9.17, 15) is 4.79 Å². The van der Waals surface area contributed by atoms with Crippen LogP contribution in [0.1, 0.15) is 17.3 Å². The number of ketones is 1. The highest BCUT2D eigenvalue weighted by atomic mass is 35.5. The molecule has 0 fully saturated rings. The molecule has 0 saturated carbocycles. The highest BCUT2D eigenvalue weighted by Crippen LogP contribution is 2.37. The average molecular weight is 311 g/mol. The molecule has 0 aliphatic carbocycles. The zero-order valence-electron chi connectivity index (χ0n) is 10.9. The Kier molecular flexibility index (Phi) is 4.53. The molecule has 20 heavy (non-hydrogen) atoms. The Morgan fingerprint density at radius 1 is 1.00 bits per heavy atom. The molecule has 0 amide bonds. The molecule has 0 atom stereocenters. The summed E-state index contributed by atoms with van der Waals surface area (Å²) >= 11 is 12.0. The largest absolute Gasteiger partial charge is 0.496 e. The summed E-state index contributed by atoms with van der Waals surface area (Å²) in [7, 11) is 1.50. The van der Waals surface area contributed by atoms with Crippen LogP contribution >= 0.6 is 23.2 Å². The van der Waals surface area contributed by atoms with Gasteiger partial charge in [-0.15, -0.1) is 0 Å². The second kappa shape index (κ2) is 6.16. The summed E-state index contributed by atoms with van der Waals surface area (Å²) in [6.07, 6.45) is 0. The van der Waals surface area contributed by atoms with Crippen molar-refractivity contribution in [3.05, 3.63) is 52.0 Å². The first-order valence-corrected chi connectivity index (χ1v) is 6.60. The number of carbonyl (C=O) groups excluding carboxylic acids is 1. The predicted octanol–water partition coefficient (Wildman–Crippen LogP) is 5.00. The molecule has 0 aromatic heterocycles. The van der Waals surface area contributed by atoms with Crippen molar-refractivity contribution in [2.75, 3.05) is 7.11 Å². The summed E-state index contributed by atoms with van der Waals surface area (Å²) < 4.78 is 10.9. The number of methoxy groups -OCH3 is 1. The van der Waals surface area contributed by atoms with Crippen LogP contribution in [0.2, 0.25) is 10.0 Å². The summed E-state index contributed by atoms with van der Waals surface area (Å²) in [5.41, 5.74) is 0.367. The second-order valence-corrected chi connectivity index (χ2v) is 4.83. The molecule has 0 unspecified atom stereocenters. The number of halogens is 2. The molecule has 2 rings (SSSR count). The molecular formula is C15H12Cl2O3. The molecule has 3 nitrogen and oxygen atoms in total. The minimum absolute atomic E-state index is 0.157. The fourth-order valence-electron chi connectivity index (χ4n) is 1.79. The van der Waals surface area contributed by atoms with E-state index in [4.69, 9.17) is 32.7 Å². The summed E-state index contributed by atoms with van der Waals surface area (Å²) in [6, 6.07) is 10.2. The van der Waals surface area contributed by atoms with Gasteiger partial charge in [-0.2, -0.15) is 0 Å². The maximum absolute atomic E-state index is 11.8. The van der Waals surface area contributed by atoms with Gasteiger partial charge in [-0.3, -0.25) is 4.79 Å². The average Bonchev–Trinajstić information content (AvgIpc) is 2.43. The Bertz CT molecular complexity index is 654. The molecule has 0 radical (unpaired) electrons. The van der Waals surface area contributed by atoms with Crippen molar-refractivity contribution >= 4 is 29.0 Å². The first kappa shape index (κ1) is 14.7. The van der Waals surface area contributed by atoms with E-state index in [2.05, 4.69) is 0 Å². The van der Waals surface area contributed by atoms with Crippen LogP contribution in [0, 0.1) is 0 Å². The summed E-state index contributed by atoms with van der Waals surface area (Å²) in [5, 5.41) is 0.683. The molecule has 5 heteroatoms. The third-order valence-electron chi connectivity index (χ3n) is 2.70. The van der Waals surface area contributed by atoms with Gasteiger partial charge in [-0.1, -0.05) is 35.3 Å². The Morgan fingerprint density at radius 3 is 2.25 bits per heavy atom. The van der Waals surface area contributed by atoms with Gasteiger partial charge >= 0.3 is 0 Å². The first-order chi connectivity index (χ1) is 9.54. The van der Waals surface area contributed by atoms with Gasteiger partial charge in [0.05, 0.1) is 12.1 Å². The van der Waals surface area contributed by atoms with E-state index < -0.39 is 0 Å². The predicted molar refractivity (Wildman–Crippen MR) is 79.5 cm³/mol. The molecular weight excluding hydrogens is 299 g/mol. The highest BCUT2D eigenvalue weighted by molar-refractivity contribution is 6.42. The Labute approximate surface area is 127 Å². The third kappa shape index (κ3) is 2.89. The lowest BCUT2D eigenvalue weighted by atomic mass is 10.1. The van der Waals surface area contributed by atoms with Gasteiger partial charge in [-0.05, 0) is 31.2 Å². The van der Waals surface area contributed by atoms with Gasteiger partial charge in [0.25, 0.3) is 0 Å². The monoisotopic (exact) mass is 310 g/mol. The van der Waals surface area contributed by atoms with E-state index in [1.165, 1.54) is 14.0 Å². The lowest BCUT2D eigenvalue weighted by molar-refractivity contribution is 0.101. The van der Waals surface area contributed by atoms with Gasteiger partial charge in [0, 0.05) is 0 Å². The van der Waals surface area contributed by atoms with Crippen LogP contribution < -0.4 is 9.47 Å². The van der Waals surface area contributed by atoms with E-state index in [0.29, 0.717) is 32.9 Å². The lowest BCUT2D eigenvalue weighted by Crippen LogP contribution is -2.01. The third-order valence-corrected chi connectivity index (χ3v) is 3.50. The van der Waals surface area contributed by atoms with Crippen molar-refractivity contribution in [1.29, 1.82) is 0 Å². The van der Waals surface area contributed by atoms with Crippen LogP contribution in [-0.2, 0) is 0 Å². The number of hydrogen-bond acceptors (Lipinski definition) is 3. The van der Waals surface area contributed by atoms with E-state index >= 15 is 0 Å². The van der Waals surface area contributed by atoms with Crippen molar-refractivity contribution in [2.45, 2.75) is 6.92 Å². The van der Waals surface area contributed by atoms with E-state index in [1.54, 1.807) is 36.4 Å². The number of rotatable bonds is 4. The Hall–Kier alpha value is -1.71. The van der Waals surface area contributed by atoms with Crippen LogP contribution in [0.25, 0.3) is 0 Å². The van der Waals surface area contributed by atoms with Crippen LogP contribution in [0.3, 0.4) is 0 Å². The van der Waals surface area contributed by atoms with Crippen molar-refractivity contribution in [2.24, 2.45) is 0 Å². The van der Waals surface area contributed by atoms with Gasteiger partial charge in [0.2, 0.25) is 0 Å². The SMILES string of the molecule is COc1cccc(Oc2cccc(Cl)c2Cl)c1C(C)=O. The number of carbonyl (C=O) groups is 1. The molecule has 2 aromatic carbocycles. The van der Waals surface area contributed by atoms with Crippen molar-refractivity contribution in [3.8, 4) is 17.2 Å². The second-order valence-electron chi connectivity index (χ2n) is 4.04. The number of hydrogen-bond donors (Lipinski definition) is 0. The van der Waals surface area contributed by atoms with Gasteiger partial charge in [0.15, 0.2) is 5.78 Å². The van der Waals surface area contributed by atoms with Crippen LogP contribution in [-0.4, -0.2) is 12.9 Å². The van der Waals surface area contributed by atoms with Crippen molar-refractivity contribution < 1.29 is 14.3 Å². The molecule has 0 heterocycles. The zero-order valence-corrected chi connectivity index (χ0v) is 12.5. The Balaban J connectivity index is 2.48. The number of Topliss-reactive ketones (excluding diaryl/α,β-unsaturated/α-hetero) is 1. The molecule has 104 valence electrons.